The molecule has 1 heterocycles. The zero-order valence-electron chi connectivity index (χ0n) is 20.3. The molecule has 1 N–H and O–H groups in total. The number of nitrogens with zero attached hydrogens (tertiary/aromatic N) is 1. The van der Waals surface area contributed by atoms with Crippen LogP contribution in [0.4, 0.5) is 0 Å². The van der Waals surface area contributed by atoms with E-state index in [-0.39, 0.29) is 5.41 Å². The molecule has 4 nitrogen and oxygen atoms in total. The Morgan fingerprint density at radius 3 is 2.34 bits per heavy atom. The van der Waals surface area contributed by atoms with Crippen LogP contribution in [0.3, 0.4) is 0 Å². The largest absolute Gasteiger partial charge is 0.496 e. The Morgan fingerprint density at radius 2 is 1.63 bits per heavy atom. The number of benzene rings is 3. The van der Waals surface area contributed by atoms with E-state index in [2.05, 4.69) is 41.4 Å². The van der Waals surface area contributed by atoms with Crippen LogP contribution in [-0.4, -0.2) is 17.1 Å². The molecule has 8 rings (SSSR count). The summed E-state index contributed by atoms with van der Waals surface area (Å²) in [5.41, 5.74) is 5.94. The number of ether oxygens (including phenoxy) is 2. The van der Waals surface area contributed by atoms with E-state index in [0.29, 0.717) is 6.61 Å². The number of imidazole rings is 1. The summed E-state index contributed by atoms with van der Waals surface area (Å²) >= 11 is 0. The normalized spacial score (nSPS) is 26.8. The summed E-state index contributed by atoms with van der Waals surface area (Å²) in [4.78, 5) is 8.49. The molecule has 4 aliphatic carbocycles. The van der Waals surface area contributed by atoms with Gasteiger partial charge in [-0.15, -0.1) is 0 Å². The highest BCUT2D eigenvalue weighted by atomic mass is 16.5. The smallest absolute Gasteiger partial charge is 0.138 e. The Kier molecular flexibility index (Phi) is 4.90. The van der Waals surface area contributed by atoms with Crippen molar-refractivity contribution in [1.82, 2.24) is 9.97 Å². The van der Waals surface area contributed by atoms with Gasteiger partial charge in [-0.25, -0.2) is 4.98 Å². The fourth-order valence-electron chi connectivity index (χ4n) is 7.67. The first-order valence-corrected chi connectivity index (χ1v) is 13.0. The van der Waals surface area contributed by atoms with E-state index in [1.54, 1.807) is 0 Å². The van der Waals surface area contributed by atoms with Gasteiger partial charge >= 0.3 is 0 Å². The number of methoxy groups -OCH3 is 1. The molecule has 0 atom stereocenters. The molecular weight excluding hydrogens is 432 g/mol. The van der Waals surface area contributed by atoms with Crippen molar-refractivity contribution in [2.45, 2.75) is 50.5 Å². The van der Waals surface area contributed by atoms with Gasteiger partial charge in [0.15, 0.2) is 0 Å². The summed E-state index contributed by atoms with van der Waals surface area (Å²) in [7, 11) is 1.82. The zero-order valence-corrected chi connectivity index (χ0v) is 20.3. The summed E-state index contributed by atoms with van der Waals surface area (Å²) in [6, 6.07) is 23.0. The third-order valence-corrected chi connectivity index (χ3v) is 8.78. The molecule has 0 spiro atoms. The van der Waals surface area contributed by atoms with Crippen LogP contribution in [0.15, 0.2) is 66.7 Å². The molecule has 0 radical (unpaired) electrons. The molecule has 178 valence electrons. The molecule has 3 aromatic carbocycles. The molecule has 0 amide bonds. The van der Waals surface area contributed by atoms with Gasteiger partial charge in [0.05, 0.1) is 18.1 Å². The predicted octanol–water partition coefficient (Wildman–Crippen LogP) is 7.29. The van der Waals surface area contributed by atoms with E-state index >= 15 is 0 Å². The molecule has 1 aromatic heterocycles. The van der Waals surface area contributed by atoms with Crippen LogP contribution in [0.1, 0.15) is 49.7 Å². The molecule has 35 heavy (non-hydrogen) atoms. The highest BCUT2D eigenvalue weighted by molar-refractivity contribution is 5.81. The number of hydrogen-bond acceptors (Lipinski definition) is 3. The summed E-state index contributed by atoms with van der Waals surface area (Å²) in [5, 5.41) is 0. The summed E-state index contributed by atoms with van der Waals surface area (Å²) in [6.45, 7) is 0.556. The Morgan fingerprint density at radius 1 is 0.886 bits per heavy atom. The van der Waals surface area contributed by atoms with Crippen LogP contribution in [0.2, 0.25) is 0 Å². The Balaban J connectivity index is 1.20. The first-order valence-electron chi connectivity index (χ1n) is 13.0. The van der Waals surface area contributed by atoms with Crippen LogP contribution < -0.4 is 9.47 Å². The van der Waals surface area contributed by atoms with E-state index < -0.39 is 0 Å². The standard InChI is InChI=1S/C31H32N2O2/c1-34-29-10-7-24(14-26(29)31-16-21-11-22(17-31)13-23(12-21)18-31)30-32-27-9-8-25(15-28(27)33-30)35-19-20-5-3-2-4-6-20/h2-10,14-15,21-23H,11-13,16-19H2,1H3,(H,32,33). The predicted molar refractivity (Wildman–Crippen MR) is 139 cm³/mol. The summed E-state index contributed by atoms with van der Waals surface area (Å²) in [5.74, 6) is 5.50. The molecule has 4 saturated carbocycles. The molecule has 4 bridgehead atoms. The highest BCUT2D eigenvalue weighted by Crippen LogP contribution is 2.62. The van der Waals surface area contributed by atoms with E-state index in [1.165, 1.54) is 44.1 Å². The van der Waals surface area contributed by atoms with E-state index in [9.17, 15) is 0 Å². The Hall–Kier alpha value is -3.27. The average molecular weight is 465 g/mol. The molecular formula is C31H32N2O2. The number of hydrogen-bond donors (Lipinski definition) is 1. The lowest BCUT2D eigenvalue weighted by atomic mass is 9.48. The van der Waals surface area contributed by atoms with Crippen molar-refractivity contribution < 1.29 is 9.47 Å². The van der Waals surface area contributed by atoms with Gasteiger partial charge in [-0.3, -0.25) is 0 Å². The van der Waals surface area contributed by atoms with Crippen LogP contribution in [0.25, 0.3) is 22.4 Å². The van der Waals surface area contributed by atoms with E-state index in [1.807, 2.05) is 37.4 Å². The Bertz CT molecular complexity index is 1340. The van der Waals surface area contributed by atoms with Gasteiger partial charge in [0.1, 0.15) is 23.9 Å². The lowest BCUT2D eigenvalue weighted by Crippen LogP contribution is -2.48. The summed E-state index contributed by atoms with van der Waals surface area (Å²) in [6.07, 6.45) is 8.29. The second-order valence-electron chi connectivity index (χ2n) is 11.2. The fraction of sp³-hybridized carbons (Fsp3) is 0.387. The van der Waals surface area contributed by atoms with Crippen LogP contribution in [0.5, 0.6) is 11.5 Å². The number of aromatic nitrogens is 2. The zero-order chi connectivity index (χ0) is 23.4. The van der Waals surface area contributed by atoms with Crippen LogP contribution in [-0.2, 0) is 12.0 Å². The van der Waals surface area contributed by atoms with Crippen LogP contribution in [0, 0.1) is 17.8 Å². The van der Waals surface area contributed by atoms with Crippen molar-refractivity contribution in [2.75, 3.05) is 7.11 Å². The molecule has 0 unspecified atom stereocenters. The third-order valence-electron chi connectivity index (χ3n) is 8.78. The summed E-state index contributed by atoms with van der Waals surface area (Å²) < 4.78 is 12.0. The monoisotopic (exact) mass is 464 g/mol. The minimum atomic E-state index is 0.278. The van der Waals surface area contributed by atoms with Crippen molar-refractivity contribution in [2.24, 2.45) is 17.8 Å². The van der Waals surface area contributed by atoms with Gasteiger partial charge in [0.25, 0.3) is 0 Å². The van der Waals surface area contributed by atoms with Crippen molar-refractivity contribution in [3.05, 3.63) is 77.9 Å². The average Bonchev–Trinajstić information content (AvgIpc) is 3.30. The maximum absolute atomic E-state index is 6.04. The molecule has 4 fully saturated rings. The van der Waals surface area contributed by atoms with Gasteiger partial charge < -0.3 is 14.5 Å². The second-order valence-corrected chi connectivity index (χ2v) is 11.2. The number of aromatic amines is 1. The number of fused-ring (bicyclic) bond motifs is 1. The minimum absolute atomic E-state index is 0.278. The van der Waals surface area contributed by atoms with Gasteiger partial charge in [-0.2, -0.15) is 0 Å². The second kappa shape index (κ2) is 8.15. The van der Waals surface area contributed by atoms with Gasteiger partial charge in [0.2, 0.25) is 0 Å². The van der Waals surface area contributed by atoms with Crippen molar-refractivity contribution in [1.29, 1.82) is 0 Å². The van der Waals surface area contributed by atoms with Gasteiger partial charge in [-0.1, -0.05) is 30.3 Å². The van der Waals surface area contributed by atoms with E-state index in [0.717, 1.165) is 57.2 Å². The van der Waals surface area contributed by atoms with Crippen molar-refractivity contribution >= 4 is 11.0 Å². The molecule has 0 saturated heterocycles. The first kappa shape index (κ1) is 21.0. The maximum Gasteiger partial charge on any atom is 0.138 e. The van der Waals surface area contributed by atoms with Gasteiger partial charge in [0, 0.05) is 17.2 Å². The number of rotatable bonds is 6. The van der Waals surface area contributed by atoms with Crippen molar-refractivity contribution in [3.8, 4) is 22.9 Å². The number of H-pyrrole nitrogens is 1. The molecule has 4 aliphatic rings. The molecule has 4 aromatic rings. The van der Waals surface area contributed by atoms with Crippen LogP contribution >= 0.6 is 0 Å². The maximum atomic E-state index is 6.04. The topological polar surface area (TPSA) is 47.1 Å². The Labute approximate surface area is 206 Å². The first-order chi connectivity index (χ1) is 17.2. The molecule has 4 heteroatoms. The van der Waals surface area contributed by atoms with Gasteiger partial charge in [-0.05, 0) is 97.6 Å². The lowest BCUT2D eigenvalue weighted by molar-refractivity contribution is -0.00613. The van der Waals surface area contributed by atoms with Crippen molar-refractivity contribution in [3.63, 3.8) is 0 Å². The fourth-order valence-corrected chi connectivity index (χ4v) is 7.67. The minimum Gasteiger partial charge on any atom is -0.496 e. The van der Waals surface area contributed by atoms with E-state index in [4.69, 9.17) is 14.5 Å². The quantitative estimate of drug-likeness (QED) is 0.326. The highest BCUT2D eigenvalue weighted by Gasteiger charge is 2.52. The third kappa shape index (κ3) is 3.71. The SMILES string of the molecule is COc1ccc(-c2nc3ccc(OCc4ccccc4)cc3[nH]2)cc1C12CC3CC(CC(C3)C1)C2. The number of nitrogens with one attached hydrogen (secondary N) is 1. The lowest BCUT2D eigenvalue weighted by Gasteiger charge is -2.57. The molecule has 0 aliphatic heterocycles.